The van der Waals surface area contributed by atoms with E-state index in [2.05, 4.69) is 39.4 Å². The van der Waals surface area contributed by atoms with Crippen LogP contribution in [-0.4, -0.2) is 50.7 Å². The normalized spacial score (nSPS) is 20.8. The van der Waals surface area contributed by atoms with Crippen molar-refractivity contribution in [2.45, 2.75) is 12.8 Å². The molecule has 2 heterocycles. The summed E-state index contributed by atoms with van der Waals surface area (Å²) in [5, 5.41) is 3.41. The number of hydrogen-bond acceptors (Lipinski definition) is 3. The third-order valence-electron chi connectivity index (χ3n) is 4.10. The maximum absolute atomic E-state index is 3.41. The highest BCUT2D eigenvalue weighted by Crippen LogP contribution is 2.26. The number of hydrogen-bond donors (Lipinski definition) is 1. The molecule has 1 aromatic carbocycles. The lowest BCUT2D eigenvalue weighted by molar-refractivity contribution is 0.245. The summed E-state index contributed by atoms with van der Waals surface area (Å²) in [5.41, 5.74) is 3.00. The molecule has 2 aliphatic rings. The summed E-state index contributed by atoms with van der Waals surface area (Å²) in [4.78, 5) is 5.15. The molecule has 3 rings (SSSR count). The van der Waals surface area contributed by atoms with E-state index in [1.54, 1.807) is 0 Å². The van der Waals surface area contributed by atoms with Gasteiger partial charge < -0.3 is 10.2 Å². The molecular weight excluding hydrogens is 222 g/mol. The zero-order chi connectivity index (χ0) is 12.2. The average Bonchev–Trinajstić information content (AvgIpc) is 2.46. The Bertz CT molecular complexity index is 385. The van der Waals surface area contributed by atoms with E-state index in [1.807, 2.05) is 0 Å². The largest absolute Gasteiger partial charge is 0.370 e. The molecule has 0 aromatic heterocycles. The van der Waals surface area contributed by atoms with Gasteiger partial charge in [-0.15, -0.1) is 0 Å². The van der Waals surface area contributed by atoms with Gasteiger partial charge in [-0.05, 0) is 24.5 Å². The highest BCUT2D eigenvalue weighted by atomic mass is 15.2. The number of para-hydroxylation sites is 1. The zero-order valence-corrected chi connectivity index (χ0v) is 11.1. The number of nitrogens with one attached hydrogen (secondary N) is 1. The molecule has 98 valence electrons. The fraction of sp³-hybridized carbons (Fsp3) is 0.600. The van der Waals surface area contributed by atoms with E-state index < -0.39 is 0 Å². The van der Waals surface area contributed by atoms with Crippen LogP contribution in [0.5, 0.6) is 0 Å². The third kappa shape index (κ3) is 2.68. The number of rotatable bonds is 3. The molecule has 1 aromatic rings. The first-order chi connectivity index (χ1) is 8.93. The maximum atomic E-state index is 3.41. The van der Waals surface area contributed by atoms with Crippen LogP contribution in [0.25, 0.3) is 0 Å². The molecule has 0 saturated carbocycles. The van der Waals surface area contributed by atoms with E-state index in [-0.39, 0.29) is 0 Å². The SMILES string of the molecule is c1ccc2c(c1)CCCN2CCN1CCNCC1. The number of benzene rings is 1. The fourth-order valence-corrected chi connectivity index (χ4v) is 3.04. The summed E-state index contributed by atoms with van der Waals surface area (Å²) in [6, 6.07) is 8.90. The number of piperazine rings is 1. The van der Waals surface area contributed by atoms with Crippen LogP contribution in [0.4, 0.5) is 5.69 Å². The first-order valence-corrected chi connectivity index (χ1v) is 7.19. The Hall–Kier alpha value is -1.06. The molecule has 0 atom stereocenters. The van der Waals surface area contributed by atoms with E-state index in [9.17, 15) is 0 Å². The van der Waals surface area contributed by atoms with Crippen LogP contribution in [0.3, 0.4) is 0 Å². The standard InChI is InChI=1S/C15H23N3/c1-2-6-15-14(4-1)5-3-9-18(15)13-12-17-10-7-16-8-11-17/h1-2,4,6,16H,3,5,7-13H2. The van der Waals surface area contributed by atoms with Crippen LogP contribution in [0.2, 0.25) is 0 Å². The number of aryl methyl sites for hydroxylation is 1. The second-order valence-electron chi connectivity index (χ2n) is 5.31. The van der Waals surface area contributed by atoms with Gasteiger partial charge in [0.05, 0.1) is 0 Å². The van der Waals surface area contributed by atoms with Gasteiger partial charge in [0.1, 0.15) is 0 Å². The van der Waals surface area contributed by atoms with Crippen molar-refractivity contribution < 1.29 is 0 Å². The van der Waals surface area contributed by atoms with Crippen LogP contribution in [0.1, 0.15) is 12.0 Å². The van der Waals surface area contributed by atoms with E-state index in [0.29, 0.717) is 0 Å². The molecule has 0 aliphatic carbocycles. The third-order valence-corrected chi connectivity index (χ3v) is 4.10. The second-order valence-corrected chi connectivity index (χ2v) is 5.31. The first kappa shape index (κ1) is 12.0. The monoisotopic (exact) mass is 245 g/mol. The van der Waals surface area contributed by atoms with Gasteiger partial charge in [0.25, 0.3) is 0 Å². The Morgan fingerprint density at radius 3 is 2.72 bits per heavy atom. The van der Waals surface area contributed by atoms with E-state index >= 15 is 0 Å². The van der Waals surface area contributed by atoms with Crippen molar-refractivity contribution in [3.05, 3.63) is 29.8 Å². The highest BCUT2D eigenvalue weighted by molar-refractivity contribution is 5.55. The molecule has 2 aliphatic heterocycles. The lowest BCUT2D eigenvalue weighted by Gasteiger charge is -2.34. The predicted octanol–water partition coefficient (Wildman–Crippen LogP) is 1.34. The molecule has 0 radical (unpaired) electrons. The van der Waals surface area contributed by atoms with Crippen molar-refractivity contribution in [3.63, 3.8) is 0 Å². The van der Waals surface area contributed by atoms with Crippen molar-refractivity contribution >= 4 is 5.69 Å². The van der Waals surface area contributed by atoms with Gasteiger partial charge in [-0.25, -0.2) is 0 Å². The molecule has 3 heteroatoms. The van der Waals surface area contributed by atoms with Crippen LogP contribution in [-0.2, 0) is 6.42 Å². The minimum Gasteiger partial charge on any atom is -0.370 e. The van der Waals surface area contributed by atoms with Gasteiger partial charge in [0.2, 0.25) is 0 Å². The van der Waals surface area contributed by atoms with E-state index in [1.165, 1.54) is 56.8 Å². The van der Waals surface area contributed by atoms with Gasteiger partial charge in [0.15, 0.2) is 0 Å². The maximum Gasteiger partial charge on any atom is 0.0399 e. The summed E-state index contributed by atoms with van der Waals surface area (Å²) < 4.78 is 0. The molecular formula is C15H23N3. The summed E-state index contributed by atoms with van der Waals surface area (Å²) in [5.74, 6) is 0. The molecule has 0 bridgehead atoms. The van der Waals surface area contributed by atoms with E-state index in [0.717, 1.165) is 13.1 Å². The molecule has 0 amide bonds. The van der Waals surface area contributed by atoms with Crippen LogP contribution in [0.15, 0.2) is 24.3 Å². The van der Waals surface area contributed by atoms with Crippen molar-refractivity contribution in [1.29, 1.82) is 0 Å². The number of anilines is 1. The predicted molar refractivity (Wildman–Crippen MR) is 76.3 cm³/mol. The van der Waals surface area contributed by atoms with Crippen molar-refractivity contribution in [1.82, 2.24) is 10.2 Å². The van der Waals surface area contributed by atoms with Gasteiger partial charge in [0, 0.05) is 51.5 Å². The Morgan fingerprint density at radius 2 is 1.83 bits per heavy atom. The smallest absolute Gasteiger partial charge is 0.0399 e. The van der Waals surface area contributed by atoms with Gasteiger partial charge >= 0.3 is 0 Å². The lowest BCUT2D eigenvalue weighted by atomic mass is 10.0. The van der Waals surface area contributed by atoms with Crippen molar-refractivity contribution in [2.24, 2.45) is 0 Å². The summed E-state index contributed by atoms with van der Waals surface area (Å²) in [6.45, 7) is 8.31. The second kappa shape index (κ2) is 5.72. The highest BCUT2D eigenvalue weighted by Gasteiger charge is 2.17. The van der Waals surface area contributed by atoms with Crippen LogP contribution < -0.4 is 10.2 Å². The first-order valence-electron chi connectivity index (χ1n) is 7.19. The Kier molecular flexibility index (Phi) is 3.81. The van der Waals surface area contributed by atoms with E-state index in [4.69, 9.17) is 0 Å². The molecule has 1 fully saturated rings. The topological polar surface area (TPSA) is 18.5 Å². The average molecular weight is 245 g/mol. The molecule has 0 unspecified atom stereocenters. The zero-order valence-electron chi connectivity index (χ0n) is 11.1. The molecule has 18 heavy (non-hydrogen) atoms. The molecule has 1 N–H and O–H groups in total. The van der Waals surface area contributed by atoms with Crippen molar-refractivity contribution in [2.75, 3.05) is 50.7 Å². The fourth-order valence-electron chi connectivity index (χ4n) is 3.04. The van der Waals surface area contributed by atoms with Crippen LogP contribution >= 0.6 is 0 Å². The number of fused-ring (bicyclic) bond motifs is 1. The molecule has 1 saturated heterocycles. The minimum atomic E-state index is 1.15. The quantitative estimate of drug-likeness (QED) is 0.867. The summed E-state index contributed by atoms with van der Waals surface area (Å²) in [6.07, 6.45) is 2.55. The van der Waals surface area contributed by atoms with Gasteiger partial charge in [-0.3, -0.25) is 4.90 Å². The summed E-state index contributed by atoms with van der Waals surface area (Å²) >= 11 is 0. The molecule has 3 nitrogen and oxygen atoms in total. The Morgan fingerprint density at radius 1 is 1.00 bits per heavy atom. The minimum absolute atomic E-state index is 1.15. The molecule has 0 spiro atoms. The van der Waals surface area contributed by atoms with Crippen LogP contribution in [0, 0.1) is 0 Å². The van der Waals surface area contributed by atoms with Gasteiger partial charge in [-0.2, -0.15) is 0 Å². The Labute approximate surface area is 110 Å². The number of nitrogens with zero attached hydrogens (tertiary/aromatic N) is 2. The Balaban J connectivity index is 1.60. The summed E-state index contributed by atoms with van der Waals surface area (Å²) in [7, 11) is 0. The lowest BCUT2D eigenvalue weighted by Crippen LogP contribution is -2.46. The van der Waals surface area contributed by atoms with Crippen molar-refractivity contribution in [3.8, 4) is 0 Å². The van der Waals surface area contributed by atoms with Gasteiger partial charge in [-0.1, -0.05) is 18.2 Å².